The zero-order chi connectivity index (χ0) is 8.55. The summed E-state index contributed by atoms with van der Waals surface area (Å²) in [6, 6.07) is 3.79. The highest BCUT2D eigenvalue weighted by atomic mass is 15.0. The van der Waals surface area contributed by atoms with Crippen LogP contribution in [0.2, 0.25) is 0 Å². The fourth-order valence-corrected chi connectivity index (χ4v) is 1.31. The monoisotopic (exact) mass is 161 g/mol. The molecule has 0 radical (unpaired) electrons. The van der Waals surface area contributed by atoms with Gasteiger partial charge in [0.25, 0.3) is 0 Å². The van der Waals surface area contributed by atoms with E-state index >= 15 is 0 Å². The Morgan fingerprint density at radius 2 is 2.33 bits per heavy atom. The van der Waals surface area contributed by atoms with Crippen molar-refractivity contribution in [2.24, 2.45) is 0 Å². The molecule has 0 bridgehead atoms. The lowest BCUT2D eigenvalue weighted by atomic mass is 10.3. The second-order valence-corrected chi connectivity index (χ2v) is 2.79. The highest BCUT2D eigenvalue weighted by Crippen LogP contribution is 2.10. The van der Waals surface area contributed by atoms with Crippen LogP contribution in [0.25, 0.3) is 5.65 Å². The number of aryl methyl sites for hydroxylation is 1. The molecule has 2 heterocycles. The molecule has 0 aliphatic heterocycles. The average molecular weight is 161 g/mol. The lowest BCUT2D eigenvalue weighted by Crippen LogP contribution is -1.93. The van der Waals surface area contributed by atoms with Crippen molar-refractivity contribution in [3.63, 3.8) is 0 Å². The van der Waals surface area contributed by atoms with Crippen molar-refractivity contribution >= 4 is 11.3 Å². The zero-order valence-corrected chi connectivity index (χ0v) is 6.99. The first-order chi connectivity index (χ1) is 5.81. The summed E-state index contributed by atoms with van der Waals surface area (Å²) in [6.45, 7) is 2.10. The predicted octanol–water partition coefficient (Wildman–Crippen LogP) is 1.48. The molecule has 0 aliphatic carbocycles. The smallest absolute Gasteiger partial charge is 0.137 e. The van der Waals surface area contributed by atoms with Crippen LogP contribution in [0.4, 0.5) is 5.69 Å². The van der Waals surface area contributed by atoms with Crippen molar-refractivity contribution in [2.75, 3.05) is 5.73 Å². The molecule has 12 heavy (non-hydrogen) atoms. The van der Waals surface area contributed by atoms with E-state index in [1.165, 1.54) is 5.69 Å². The highest BCUT2D eigenvalue weighted by molar-refractivity contribution is 5.48. The molecule has 2 N–H and O–H groups in total. The second-order valence-electron chi connectivity index (χ2n) is 2.79. The van der Waals surface area contributed by atoms with Crippen LogP contribution in [0.15, 0.2) is 24.5 Å². The topological polar surface area (TPSA) is 43.3 Å². The standard InChI is InChI=1S/C9H11N3/c1-2-8-5-11-9-4-3-7(10)6-12(8)9/h3-6H,2,10H2,1H3. The summed E-state index contributed by atoms with van der Waals surface area (Å²) in [6.07, 6.45) is 4.76. The Bertz CT molecular complexity index is 403. The molecule has 62 valence electrons. The first-order valence-electron chi connectivity index (χ1n) is 4.02. The number of hydrogen-bond donors (Lipinski definition) is 1. The SMILES string of the molecule is CCc1cnc2ccc(N)cn12. The van der Waals surface area contributed by atoms with E-state index in [0.29, 0.717) is 0 Å². The number of aromatic nitrogens is 2. The molecule has 2 aromatic rings. The first kappa shape index (κ1) is 7.16. The van der Waals surface area contributed by atoms with E-state index in [-0.39, 0.29) is 0 Å². The van der Waals surface area contributed by atoms with Crippen LogP contribution in [-0.2, 0) is 6.42 Å². The van der Waals surface area contributed by atoms with Gasteiger partial charge in [0.1, 0.15) is 5.65 Å². The van der Waals surface area contributed by atoms with Gasteiger partial charge in [-0.05, 0) is 18.6 Å². The van der Waals surface area contributed by atoms with Gasteiger partial charge < -0.3 is 10.1 Å². The third-order valence-corrected chi connectivity index (χ3v) is 1.97. The Hall–Kier alpha value is -1.51. The van der Waals surface area contributed by atoms with Crippen molar-refractivity contribution in [1.29, 1.82) is 0 Å². The fourth-order valence-electron chi connectivity index (χ4n) is 1.31. The number of nitrogens with zero attached hydrogens (tertiary/aromatic N) is 2. The van der Waals surface area contributed by atoms with Crippen molar-refractivity contribution < 1.29 is 0 Å². The molecule has 0 saturated heterocycles. The molecule has 3 nitrogen and oxygen atoms in total. The summed E-state index contributed by atoms with van der Waals surface area (Å²) >= 11 is 0. The Labute approximate surface area is 70.8 Å². The van der Waals surface area contributed by atoms with Crippen molar-refractivity contribution in [2.45, 2.75) is 13.3 Å². The Kier molecular flexibility index (Phi) is 1.50. The van der Waals surface area contributed by atoms with Crippen molar-refractivity contribution in [3.8, 4) is 0 Å². The minimum atomic E-state index is 0.773. The molecule has 0 unspecified atom stereocenters. The van der Waals surface area contributed by atoms with E-state index in [2.05, 4.69) is 11.9 Å². The first-order valence-corrected chi connectivity index (χ1v) is 4.02. The molecular weight excluding hydrogens is 150 g/mol. The highest BCUT2D eigenvalue weighted by Gasteiger charge is 1.99. The predicted molar refractivity (Wildman–Crippen MR) is 49.0 cm³/mol. The van der Waals surface area contributed by atoms with Gasteiger partial charge in [-0.25, -0.2) is 4.98 Å². The van der Waals surface area contributed by atoms with Gasteiger partial charge in [0.2, 0.25) is 0 Å². The number of imidazole rings is 1. The molecule has 3 heteroatoms. The van der Waals surface area contributed by atoms with Gasteiger partial charge in [-0.15, -0.1) is 0 Å². The number of rotatable bonds is 1. The maximum Gasteiger partial charge on any atom is 0.137 e. The van der Waals surface area contributed by atoms with E-state index in [1.54, 1.807) is 0 Å². The van der Waals surface area contributed by atoms with Crippen LogP contribution in [0.5, 0.6) is 0 Å². The summed E-state index contributed by atoms with van der Waals surface area (Å²) in [5.41, 5.74) is 8.58. The van der Waals surface area contributed by atoms with Gasteiger partial charge >= 0.3 is 0 Å². The van der Waals surface area contributed by atoms with Crippen LogP contribution >= 0.6 is 0 Å². The molecule has 0 aliphatic rings. The number of nitrogens with two attached hydrogens (primary N) is 1. The summed E-state index contributed by atoms with van der Waals surface area (Å²) in [7, 11) is 0. The van der Waals surface area contributed by atoms with E-state index in [0.717, 1.165) is 17.8 Å². The second kappa shape index (κ2) is 2.52. The third kappa shape index (κ3) is 0.942. The Morgan fingerprint density at radius 3 is 3.08 bits per heavy atom. The van der Waals surface area contributed by atoms with E-state index in [4.69, 9.17) is 5.73 Å². The number of fused-ring (bicyclic) bond motifs is 1. The lowest BCUT2D eigenvalue weighted by Gasteiger charge is -1.98. The van der Waals surface area contributed by atoms with Gasteiger partial charge in [0.15, 0.2) is 0 Å². The zero-order valence-electron chi connectivity index (χ0n) is 6.99. The van der Waals surface area contributed by atoms with Gasteiger partial charge in [0.05, 0.1) is 0 Å². The molecule has 0 fully saturated rings. The van der Waals surface area contributed by atoms with Gasteiger partial charge in [-0.3, -0.25) is 0 Å². The molecule has 0 atom stereocenters. The van der Waals surface area contributed by atoms with E-state index in [1.807, 2.05) is 28.9 Å². The minimum absolute atomic E-state index is 0.773. The fraction of sp³-hybridized carbons (Fsp3) is 0.222. The molecular formula is C9H11N3. The lowest BCUT2D eigenvalue weighted by molar-refractivity contribution is 0.997. The van der Waals surface area contributed by atoms with Gasteiger partial charge in [-0.2, -0.15) is 0 Å². The maximum absolute atomic E-state index is 5.66. The number of hydrogen-bond acceptors (Lipinski definition) is 2. The molecule has 0 aromatic carbocycles. The maximum atomic E-state index is 5.66. The third-order valence-electron chi connectivity index (χ3n) is 1.97. The molecule has 2 rings (SSSR count). The Balaban J connectivity index is 2.75. The summed E-state index contributed by atoms with van der Waals surface area (Å²) in [5, 5.41) is 0. The summed E-state index contributed by atoms with van der Waals surface area (Å²) in [5.74, 6) is 0. The normalized spacial score (nSPS) is 10.8. The largest absolute Gasteiger partial charge is 0.398 e. The van der Waals surface area contributed by atoms with E-state index < -0.39 is 0 Å². The van der Waals surface area contributed by atoms with Crippen LogP contribution in [0.1, 0.15) is 12.6 Å². The quantitative estimate of drug-likeness (QED) is 0.688. The van der Waals surface area contributed by atoms with E-state index in [9.17, 15) is 0 Å². The minimum Gasteiger partial charge on any atom is -0.398 e. The number of nitrogen functional groups attached to an aromatic ring is 1. The summed E-state index contributed by atoms with van der Waals surface area (Å²) < 4.78 is 2.02. The van der Waals surface area contributed by atoms with Crippen LogP contribution in [0.3, 0.4) is 0 Å². The molecule has 0 spiro atoms. The number of pyridine rings is 1. The Morgan fingerprint density at radius 1 is 1.50 bits per heavy atom. The van der Waals surface area contributed by atoms with Gasteiger partial charge in [-0.1, -0.05) is 6.92 Å². The summed E-state index contributed by atoms with van der Waals surface area (Å²) in [4.78, 5) is 4.24. The molecule has 0 amide bonds. The molecule has 0 saturated carbocycles. The van der Waals surface area contributed by atoms with Crippen LogP contribution in [0, 0.1) is 0 Å². The van der Waals surface area contributed by atoms with Crippen LogP contribution < -0.4 is 5.73 Å². The van der Waals surface area contributed by atoms with Gasteiger partial charge in [0, 0.05) is 23.8 Å². The average Bonchev–Trinajstić information content (AvgIpc) is 2.46. The number of anilines is 1. The van der Waals surface area contributed by atoms with Crippen molar-refractivity contribution in [3.05, 3.63) is 30.2 Å². The molecule has 2 aromatic heterocycles. The van der Waals surface area contributed by atoms with Crippen molar-refractivity contribution in [1.82, 2.24) is 9.38 Å². The van der Waals surface area contributed by atoms with Crippen LogP contribution in [-0.4, -0.2) is 9.38 Å².